The van der Waals surface area contributed by atoms with Gasteiger partial charge in [-0.3, -0.25) is 9.89 Å². The van der Waals surface area contributed by atoms with E-state index in [1.165, 1.54) is 36.2 Å². The van der Waals surface area contributed by atoms with Crippen LogP contribution in [0.4, 0.5) is 4.39 Å². The molecule has 2 aromatic rings. The van der Waals surface area contributed by atoms with Crippen LogP contribution in [0.15, 0.2) is 24.3 Å². The molecule has 1 aromatic heterocycles. The summed E-state index contributed by atoms with van der Waals surface area (Å²) in [6, 6.07) is 6.09. The van der Waals surface area contributed by atoms with E-state index in [9.17, 15) is 9.18 Å². The maximum Gasteiger partial charge on any atom is 0.222 e. The van der Waals surface area contributed by atoms with Crippen molar-refractivity contribution in [1.82, 2.24) is 15.1 Å². The molecule has 0 radical (unpaired) electrons. The molecule has 0 saturated carbocycles. The molecule has 150 valence electrons. The third-order valence-electron chi connectivity index (χ3n) is 5.89. The number of hydrogen-bond donors (Lipinski definition) is 1. The predicted molar refractivity (Wildman–Crippen MR) is 105 cm³/mol. The van der Waals surface area contributed by atoms with Gasteiger partial charge >= 0.3 is 0 Å². The fraction of sp³-hybridized carbons (Fsp3) is 0.545. The van der Waals surface area contributed by atoms with Crippen molar-refractivity contribution in [1.29, 1.82) is 0 Å². The van der Waals surface area contributed by atoms with Crippen LogP contribution in [-0.2, 0) is 24.1 Å². The molecular formula is C22H28FN3O2. The van der Waals surface area contributed by atoms with E-state index in [0.717, 1.165) is 50.9 Å². The van der Waals surface area contributed by atoms with Crippen molar-refractivity contribution >= 4 is 5.91 Å². The second-order valence-electron chi connectivity index (χ2n) is 7.95. The first-order valence-corrected chi connectivity index (χ1v) is 10.4. The second kappa shape index (κ2) is 8.76. The van der Waals surface area contributed by atoms with Crippen molar-refractivity contribution in [3.05, 3.63) is 47.0 Å². The summed E-state index contributed by atoms with van der Waals surface area (Å²) >= 11 is 0. The first-order chi connectivity index (χ1) is 13.7. The molecular weight excluding hydrogens is 357 g/mol. The molecule has 1 aliphatic carbocycles. The van der Waals surface area contributed by atoms with E-state index in [2.05, 4.69) is 10.2 Å². The second-order valence-corrected chi connectivity index (χ2v) is 7.95. The molecule has 1 fully saturated rings. The summed E-state index contributed by atoms with van der Waals surface area (Å²) < 4.78 is 18.8. The third kappa shape index (κ3) is 4.54. The van der Waals surface area contributed by atoms with E-state index in [1.54, 1.807) is 12.1 Å². The average Bonchev–Trinajstić information content (AvgIpc) is 3.15. The molecule has 0 unspecified atom stereocenters. The van der Waals surface area contributed by atoms with Crippen LogP contribution >= 0.6 is 0 Å². The Labute approximate surface area is 165 Å². The monoisotopic (exact) mass is 385 g/mol. The Balaban J connectivity index is 1.26. The highest BCUT2D eigenvalue weighted by Crippen LogP contribution is 2.24. The van der Waals surface area contributed by atoms with Gasteiger partial charge in [0, 0.05) is 37.5 Å². The molecule has 0 bridgehead atoms. The number of rotatable bonds is 6. The number of likely N-dealkylation sites (tertiary alicyclic amines) is 1. The lowest BCUT2D eigenvalue weighted by Gasteiger charge is -2.32. The normalized spacial score (nSPS) is 19.3. The van der Waals surface area contributed by atoms with Crippen LogP contribution in [0, 0.1) is 11.7 Å². The summed E-state index contributed by atoms with van der Waals surface area (Å²) in [6.45, 7) is 2.12. The number of amides is 1. The highest BCUT2D eigenvalue weighted by Gasteiger charge is 2.25. The Bertz CT molecular complexity index is 803. The highest BCUT2D eigenvalue weighted by molar-refractivity contribution is 5.76. The van der Waals surface area contributed by atoms with Gasteiger partial charge in [-0.1, -0.05) is 0 Å². The number of carbonyl (C=O) groups is 1. The first-order valence-electron chi connectivity index (χ1n) is 10.4. The van der Waals surface area contributed by atoms with E-state index in [-0.39, 0.29) is 11.7 Å². The van der Waals surface area contributed by atoms with Crippen LogP contribution in [0.25, 0.3) is 0 Å². The van der Waals surface area contributed by atoms with Crippen LogP contribution in [-0.4, -0.2) is 40.7 Å². The number of aromatic nitrogens is 2. The van der Waals surface area contributed by atoms with E-state index in [4.69, 9.17) is 4.74 Å². The molecule has 1 saturated heterocycles. The number of carbonyl (C=O) groups excluding carboxylic acids is 1. The third-order valence-corrected chi connectivity index (χ3v) is 5.89. The summed E-state index contributed by atoms with van der Waals surface area (Å²) in [6.07, 6.45) is 7.90. The number of hydrogen-bond acceptors (Lipinski definition) is 3. The summed E-state index contributed by atoms with van der Waals surface area (Å²) in [5.74, 6) is 0.938. The Morgan fingerprint density at radius 3 is 2.89 bits per heavy atom. The van der Waals surface area contributed by atoms with Crippen LogP contribution in [0.1, 0.15) is 49.1 Å². The molecule has 1 aliphatic heterocycles. The van der Waals surface area contributed by atoms with Gasteiger partial charge in [0.2, 0.25) is 5.91 Å². The van der Waals surface area contributed by atoms with Gasteiger partial charge in [0.15, 0.2) is 0 Å². The van der Waals surface area contributed by atoms with Gasteiger partial charge in [-0.15, -0.1) is 0 Å². The molecule has 2 heterocycles. The summed E-state index contributed by atoms with van der Waals surface area (Å²) in [5.41, 5.74) is 3.70. The number of H-pyrrole nitrogens is 1. The Kier molecular flexibility index (Phi) is 5.93. The number of aryl methyl sites for hydroxylation is 2. The van der Waals surface area contributed by atoms with Gasteiger partial charge in [-0.25, -0.2) is 4.39 Å². The van der Waals surface area contributed by atoms with Crippen molar-refractivity contribution in [2.45, 2.75) is 51.4 Å². The summed E-state index contributed by atoms with van der Waals surface area (Å²) in [7, 11) is 0. The lowest BCUT2D eigenvalue weighted by atomic mass is 9.94. The van der Waals surface area contributed by atoms with Crippen molar-refractivity contribution in [3.63, 3.8) is 0 Å². The highest BCUT2D eigenvalue weighted by atomic mass is 19.1. The summed E-state index contributed by atoms with van der Waals surface area (Å²) in [4.78, 5) is 14.7. The lowest BCUT2D eigenvalue weighted by Crippen LogP contribution is -2.41. The minimum absolute atomic E-state index is 0.207. The minimum atomic E-state index is -0.264. The van der Waals surface area contributed by atoms with Gasteiger partial charge in [-0.2, -0.15) is 5.10 Å². The number of fused-ring (bicyclic) bond motifs is 1. The Morgan fingerprint density at radius 1 is 1.21 bits per heavy atom. The zero-order chi connectivity index (χ0) is 19.3. The number of piperidine rings is 1. The van der Waals surface area contributed by atoms with Crippen LogP contribution in [0.5, 0.6) is 5.75 Å². The molecule has 28 heavy (non-hydrogen) atoms. The maximum atomic E-state index is 13.0. The van der Waals surface area contributed by atoms with E-state index < -0.39 is 0 Å². The Hall–Kier alpha value is -2.37. The van der Waals surface area contributed by atoms with E-state index in [1.807, 2.05) is 4.90 Å². The SMILES string of the molecule is O=C(CCc1n[nH]c2c1CCCC2)N1CCC[C@H](COc2ccc(F)cc2)C1. The fourth-order valence-electron chi connectivity index (χ4n) is 4.31. The van der Waals surface area contributed by atoms with Crippen LogP contribution < -0.4 is 4.74 Å². The largest absolute Gasteiger partial charge is 0.493 e. The van der Waals surface area contributed by atoms with Gasteiger partial charge in [-0.05, 0) is 68.4 Å². The zero-order valence-electron chi connectivity index (χ0n) is 16.3. The molecule has 1 aromatic carbocycles. The molecule has 5 nitrogen and oxygen atoms in total. The zero-order valence-corrected chi connectivity index (χ0v) is 16.3. The number of nitrogens with one attached hydrogen (secondary N) is 1. The minimum Gasteiger partial charge on any atom is -0.493 e. The quantitative estimate of drug-likeness (QED) is 0.825. The topological polar surface area (TPSA) is 58.2 Å². The average molecular weight is 385 g/mol. The van der Waals surface area contributed by atoms with E-state index >= 15 is 0 Å². The molecule has 0 spiro atoms. The maximum absolute atomic E-state index is 13.0. The number of benzene rings is 1. The molecule has 2 aliphatic rings. The van der Waals surface area contributed by atoms with Crippen molar-refractivity contribution in [3.8, 4) is 5.75 Å². The van der Waals surface area contributed by atoms with Gasteiger partial charge in [0.05, 0.1) is 12.3 Å². The number of ether oxygens (including phenoxy) is 1. The predicted octanol–water partition coefficient (Wildman–Crippen LogP) is 3.68. The van der Waals surface area contributed by atoms with Gasteiger partial charge in [0.1, 0.15) is 11.6 Å². The number of nitrogens with zero attached hydrogens (tertiary/aromatic N) is 2. The van der Waals surface area contributed by atoms with Crippen molar-refractivity contribution in [2.75, 3.05) is 19.7 Å². The van der Waals surface area contributed by atoms with E-state index in [0.29, 0.717) is 24.7 Å². The van der Waals surface area contributed by atoms with Gasteiger partial charge in [0.25, 0.3) is 0 Å². The van der Waals surface area contributed by atoms with Crippen LogP contribution in [0.2, 0.25) is 0 Å². The molecule has 1 amide bonds. The fourth-order valence-corrected chi connectivity index (χ4v) is 4.31. The van der Waals surface area contributed by atoms with Crippen LogP contribution in [0.3, 0.4) is 0 Å². The molecule has 6 heteroatoms. The van der Waals surface area contributed by atoms with Crippen molar-refractivity contribution < 1.29 is 13.9 Å². The molecule has 1 N–H and O–H groups in total. The van der Waals surface area contributed by atoms with Gasteiger partial charge < -0.3 is 9.64 Å². The standard InChI is InChI=1S/C22H28FN3O2/c23-17-7-9-18(10-8-17)28-15-16-4-3-13-26(14-16)22(27)12-11-21-19-5-1-2-6-20(19)24-25-21/h7-10,16H,1-6,11-15H2,(H,24,25)/t16-/m0/s1. The van der Waals surface area contributed by atoms with Crippen molar-refractivity contribution in [2.24, 2.45) is 5.92 Å². The summed E-state index contributed by atoms with van der Waals surface area (Å²) in [5, 5.41) is 7.61. The molecule has 1 atom stereocenters. The smallest absolute Gasteiger partial charge is 0.222 e. The number of halogens is 1. The molecule has 4 rings (SSSR count). The first kappa shape index (κ1) is 19.0. The number of aromatic amines is 1. The Morgan fingerprint density at radius 2 is 2.04 bits per heavy atom. The lowest BCUT2D eigenvalue weighted by molar-refractivity contribution is -0.133.